The third kappa shape index (κ3) is 4.03. The van der Waals surface area contributed by atoms with Gasteiger partial charge >= 0.3 is 0 Å². The summed E-state index contributed by atoms with van der Waals surface area (Å²) in [6.07, 6.45) is 1.83. The van der Waals surface area contributed by atoms with Crippen LogP contribution in [0.25, 0.3) is 5.69 Å². The number of hydrogen-bond donors (Lipinski definition) is 1. The molecule has 7 heteroatoms. The van der Waals surface area contributed by atoms with E-state index in [0.717, 1.165) is 38.7 Å². The van der Waals surface area contributed by atoms with Gasteiger partial charge in [0, 0.05) is 33.4 Å². The molecule has 0 radical (unpaired) electrons. The van der Waals surface area contributed by atoms with E-state index in [2.05, 4.69) is 79.0 Å². The normalized spacial score (nSPS) is 17.8. The molecular weight excluding hydrogens is 496 g/mol. The number of nitrogens with zero attached hydrogens (tertiary/aromatic N) is 3. The van der Waals surface area contributed by atoms with Crippen molar-refractivity contribution < 1.29 is 4.74 Å². The van der Waals surface area contributed by atoms with Gasteiger partial charge in [0.25, 0.3) is 0 Å². The molecule has 0 aliphatic carbocycles. The van der Waals surface area contributed by atoms with Crippen LogP contribution in [0.2, 0.25) is 0 Å². The minimum Gasteiger partial charge on any atom is -0.497 e. The molecule has 1 N–H and O–H groups in total. The summed E-state index contributed by atoms with van der Waals surface area (Å²) < 4.78 is 8.67. The van der Waals surface area contributed by atoms with Crippen LogP contribution in [0.5, 0.6) is 5.75 Å². The van der Waals surface area contributed by atoms with Crippen LogP contribution in [0, 0.1) is 6.92 Å². The number of ether oxygens (including phenoxy) is 1. The fourth-order valence-electron chi connectivity index (χ4n) is 4.41. The number of halogens is 1. The highest BCUT2D eigenvalue weighted by Crippen LogP contribution is 2.43. The van der Waals surface area contributed by atoms with Gasteiger partial charge in [-0.2, -0.15) is 0 Å². The Balaban J connectivity index is 1.67. The number of thiocarbonyl (C=S) groups is 1. The second kappa shape index (κ2) is 9.00. The lowest BCUT2D eigenvalue weighted by molar-refractivity contribution is 0.414. The van der Waals surface area contributed by atoms with Crippen LogP contribution in [0.15, 0.2) is 89.5 Å². The number of benzene rings is 2. The number of anilines is 1. The fraction of sp³-hybridized carbons (Fsp3) is 0.154. The van der Waals surface area contributed by atoms with Crippen molar-refractivity contribution in [1.29, 1.82) is 0 Å². The molecule has 1 aliphatic rings. The summed E-state index contributed by atoms with van der Waals surface area (Å²) in [7, 11) is 1.68. The Kier molecular flexibility index (Phi) is 5.91. The zero-order valence-corrected chi connectivity index (χ0v) is 20.7. The molecule has 166 valence electrons. The second-order valence-electron chi connectivity index (χ2n) is 7.91. The predicted octanol–water partition coefficient (Wildman–Crippen LogP) is 6.13. The van der Waals surface area contributed by atoms with Gasteiger partial charge in [-0.15, -0.1) is 0 Å². The molecule has 0 spiro atoms. The van der Waals surface area contributed by atoms with E-state index in [1.165, 1.54) is 0 Å². The number of rotatable bonds is 5. The van der Waals surface area contributed by atoms with Crippen LogP contribution in [0.4, 0.5) is 5.69 Å². The smallest absolute Gasteiger partial charge is 0.174 e. The maximum atomic E-state index is 5.86. The lowest BCUT2D eigenvalue weighted by Crippen LogP contribution is -2.30. The minimum atomic E-state index is -0.103. The SMILES string of the molecule is COc1ccc(-n2c(C)ccc2C2C(c3ccccn3)NC(=S)N2c2ccc(Br)cc2)cc1. The van der Waals surface area contributed by atoms with Gasteiger partial charge in [-0.3, -0.25) is 4.98 Å². The molecule has 2 atom stereocenters. The van der Waals surface area contributed by atoms with Crippen LogP contribution < -0.4 is 15.0 Å². The first-order valence-corrected chi connectivity index (χ1v) is 11.9. The van der Waals surface area contributed by atoms with Crippen LogP contribution in [0.3, 0.4) is 0 Å². The van der Waals surface area contributed by atoms with Crippen LogP contribution >= 0.6 is 28.1 Å². The fourth-order valence-corrected chi connectivity index (χ4v) is 5.02. The Morgan fingerprint density at radius 3 is 2.33 bits per heavy atom. The van der Waals surface area contributed by atoms with E-state index in [1.54, 1.807) is 7.11 Å². The Morgan fingerprint density at radius 1 is 0.939 bits per heavy atom. The number of methoxy groups -OCH3 is 1. The van der Waals surface area contributed by atoms with Crippen molar-refractivity contribution in [3.63, 3.8) is 0 Å². The van der Waals surface area contributed by atoms with Crippen LogP contribution in [-0.2, 0) is 0 Å². The summed E-state index contributed by atoms with van der Waals surface area (Å²) in [5, 5.41) is 4.22. The molecule has 1 aliphatic heterocycles. The van der Waals surface area contributed by atoms with Gasteiger partial charge in [-0.1, -0.05) is 22.0 Å². The standard InChI is InChI=1S/C26H23BrN4OS/c1-17-6-15-23(30(17)19-11-13-21(32-2)14-12-19)25-24(22-5-3-4-16-28-22)29-26(33)31(25)20-9-7-18(27)8-10-20/h3-16,24-25H,1-2H3,(H,29,33). The van der Waals surface area contributed by atoms with E-state index in [1.807, 2.05) is 48.7 Å². The summed E-state index contributed by atoms with van der Waals surface area (Å²) in [5.74, 6) is 0.830. The summed E-state index contributed by atoms with van der Waals surface area (Å²) in [6, 6.07) is 26.5. The molecule has 4 aromatic rings. The van der Waals surface area contributed by atoms with E-state index in [0.29, 0.717) is 5.11 Å². The van der Waals surface area contributed by atoms with Crippen LogP contribution in [0.1, 0.15) is 29.2 Å². The molecule has 1 fully saturated rings. The first kappa shape index (κ1) is 21.7. The van der Waals surface area contributed by atoms with Gasteiger partial charge in [0.15, 0.2) is 5.11 Å². The van der Waals surface area contributed by atoms with Crippen molar-refractivity contribution in [2.45, 2.75) is 19.0 Å². The monoisotopic (exact) mass is 518 g/mol. The van der Waals surface area contributed by atoms with Crippen molar-refractivity contribution in [2.24, 2.45) is 0 Å². The predicted molar refractivity (Wildman–Crippen MR) is 139 cm³/mol. The van der Waals surface area contributed by atoms with Crippen molar-refractivity contribution in [2.75, 3.05) is 12.0 Å². The molecule has 1 saturated heterocycles. The molecule has 0 amide bonds. The molecule has 33 heavy (non-hydrogen) atoms. The Bertz CT molecular complexity index is 1270. The molecule has 0 bridgehead atoms. The molecule has 2 unspecified atom stereocenters. The second-order valence-corrected chi connectivity index (χ2v) is 9.21. The third-order valence-electron chi connectivity index (χ3n) is 5.94. The molecule has 5 nitrogen and oxygen atoms in total. The molecule has 5 rings (SSSR count). The van der Waals surface area contributed by atoms with Gasteiger partial charge in [0.05, 0.1) is 18.8 Å². The Labute approximate surface area is 207 Å². The van der Waals surface area contributed by atoms with Crippen molar-refractivity contribution in [3.8, 4) is 11.4 Å². The van der Waals surface area contributed by atoms with Gasteiger partial charge in [-0.05, 0) is 91.9 Å². The molecule has 0 saturated carbocycles. The largest absolute Gasteiger partial charge is 0.497 e. The first-order valence-electron chi connectivity index (χ1n) is 10.7. The van der Waals surface area contributed by atoms with Crippen molar-refractivity contribution in [3.05, 3.63) is 107 Å². The highest BCUT2D eigenvalue weighted by Gasteiger charge is 2.42. The number of nitrogens with one attached hydrogen (secondary N) is 1. The third-order valence-corrected chi connectivity index (χ3v) is 6.79. The summed E-state index contributed by atoms with van der Waals surface area (Å²) in [5.41, 5.74) is 5.32. The highest BCUT2D eigenvalue weighted by atomic mass is 79.9. The maximum Gasteiger partial charge on any atom is 0.174 e. The quantitative estimate of drug-likeness (QED) is 0.322. The van der Waals surface area contributed by atoms with Gasteiger partial charge in [0.1, 0.15) is 11.8 Å². The zero-order chi connectivity index (χ0) is 22.9. The van der Waals surface area contributed by atoms with Gasteiger partial charge < -0.3 is 19.5 Å². The van der Waals surface area contributed by atoms with Crippen molar-refractivity contribution in [1.82, 2.24) is 14.9 Å². The number of hydrogen-bond acceptors (Lipinski definition) is 3. The zero-order valence-electron chi connectivity index (χ0n) is 18.3. The van der Waals surface area contributed by atoms with E-state index >= 15 is 0 Å². The average Bonchev–Trinajstić information content (AvgIpc) is 3.39. The molecule has 3 heterocycles. The van der Waals surface area contributed by atoms with Crippen LogP contribution in [-0.4, -0.2) is 21.8 Å². The lowest BCUT2D eigenvalue weighted by Gasteiger charge is -2.29. The lowest BCUT2D eigenvalue weighted by atomic mass is 10.0. The Morgan fingerprint density at radius 2 is 1.67 bits per heavy atom. The van der Waals surface area contributed by atoms with Gasteiger partial charge in [0.2, 0.25) is 0 Å². The van der Waals surface area contributed by atoms with E-state index in [4.69, 9.17) is 17.0 Å². The van der Waals surface area contributed by atoms with Gasteiger partial charge in [-0.25, -0.2) is 0 Å². The molecule has 2 aromatic carbocycles. The number of aromatic nitrogens is 2. The van der Waals surface area contributed by atoms with E-state index < -0.39 is 0 Å². The Hall–Kier alpha value is -3.16. The topological polar surface area (TPSA) is 42.3 Å². The average molecular weight is 519 g/mol. The number of aryl methyl sites for hydroxylation is 1. The summed E-state index contributed by atoms with van der Waals surface area (Å²) >= 11 is 9.40. The highest BCUT2D eigenvalue weighted by molar-refractivity contribution is 9.10. The first-order chi connectivity index (χ1) is 16.1. The molecule has 2 aromatic heterocycles. The minimum absolute atomic E-state index is 0.0932. The maximum absolute atomic E-state index is 5.86. The van der Waals surface area contributed by atoms with E-state index in [-0.39, 0.29) is 12.1 Å². The summed E-state index contributed by atoms with van der Waals surface area (Å²) in [6.45, 7) is 2.12. The van der Waals surface area contributed by atoms with E-state index in [9.17, 15) is 0 Å². The summed E-state index contributed by atoms with van der Waals surface area (Å²) in [4.78, 5) is 6.85. The van der Waals surface area contributed by atoms with Crippen molar-refractivity contribution >= 4 is 38.9 Å². The number of pyridine rings is 1. The molecular formula is C26H23BrN4OS.